The molecule has 20 heavy (non-hydrogen) atoms. The number of rotatable bonds is 3. The Morgan fingerprint density at radius 3 is 2.50 bits per heavy atom. The van der Waals surface area contributed by atoms with Crippen LogP contribution in [0.5, 0.6) is 0 Å². The zero-order valence-corrected chi connectivity index (χ0v) is 12.0. The second kappa shape index (κ2) is 5.61. The zero-order chi connectivity index (χ0) is 14.9. The lowest BCUT2D eigenvalue weighted by Crippen LogP contribution is -2.13. The monoisotopic (exact) mass is 290 g/mol. The van der Waals surface area contributed by atoms with E-state index in [0.29, 0.717) is 16.1 Å². The summed E-state index contributed by atoms with van der Waals surface area (Å²) in [6, 6.07) is 10.2. The molecular weight excluding hydrogens is 276 g/mol. The standard InChI is InChI=1S/C15H15ClN2O2/c1-9-7-11(8-14(10(9)2)18(19)20)15(17)12-5-3-4-6-13(12)16/h3-8,15H,17H2,1-2H3. The molecular formula is C15H15ClN2O2. The molecule has 0 heterocycles. The van der Waals surface area contributed by atoms with E-state index in [4.69, 9.17) is 17.3 Å². The van der Waals surface area contributed by atoms with E-state index in [-0.39, 0.29) is 10.6 Å². The fourth-order valence-electron chi connectivity index (χ4n) is 2.14. The molecule has 0 saturated heterocycles. The van der Waals surface area contributed by atoms with Crippen LogP contribution in [0, 0.1) is 24.0 Å². The summed E-state index contributed by atoms with van der Waals surface area (Å²) in [6.07, 6.45) is 0. The Bertz CT molecular complexity index is 671. The quantitative estimate of drug-likeness (QED) is 0.688. The molecule has 2 rings (SSSR count). The first-order chi connectivity index (χ1) is 9.41. The van der Waals surface area contributed by atoms with Gasteiger partial charge in [-0.05, 0) is 36.6 Å². The molecule has 0 aliphatic rings. The Balaban J connectivity index is 2.53. The number of aryl methyl sites for hydroxylation is 1. The normalized spacial score (nSPS) is 12.2. The first kappa shape index (κ1) is 14.5. The van der Waals surface area contributed by atoms with E-state index in [1.807, 2.05) is 31.2 Å². The molecule has 0 bridgehead atoms. The highest BCUT2D eigenvalue weighted by atomic mass is 35.5. The average Bonchev–Trinajstić information content (AvgIpc) is 2.41. The van der Waals surface area contributed by atoms with Gasteiger partial charge in [-0.3, -0.25) is 10.1 Å². The topological polar surface area (TPSA) is 69.2 Å². The van der Waals surface area contributed by atoms with E-state index in [0.717, 1.165) is 11.1 Å². The van der Waals surface area contributed by atoms with Gasteiger partial charge in [0, 0.05) is 16.7 Å². The summed E-state index contributed by atoms with van der Waals surface area (Å²) in [5.41, 5.74) is 9.23. The zero-order valence-electron chi connectivity index (χ0n) is 11.3. The van der Waals surface area contributed by atoms with Crippen LogP contribution in [-0.4, -0.2) is 4.92 Å². The van der Waals surface area contributed by atoms with Crippen molar-refractivity contribution >= 4 is 17.3 Å². The van der Waals surface area contributed by atoms with E-state index in [2.05, 4.69) is 0 Å². The number of nitro benzene ring substituents is 1. The van der Waals surface area contributed by atoms with Gasteiger partial charge in [-0.2, -0.15) is 0 Å². The highest BCUT2D eigenvalue weighted by Gasteiger charge is 2.19. The van der Waals surface area contributed by atoms with Crippen molar-refractivity contribution in [2.45, 2.75) is 19.9 Å². The van der Waals surface area contributed by atoms with Crippen LogP contribution in [0.4, 0.5) is 5.69 Å². The van der Waals surface area contributed by atoms with Crippen LogP contribution in [0.25, 0.3) is 0 Å². The smallest absolute Gasteiger partial charge is 0.272 e. The van der Waals surface area contributed by atoms with Gasteiger partial charge in [0.2, 0.25) is 0 Å². The first-order valence-corrected chi connectivity index (χ1v) is 6.55. The van der Waals surface area contributed by atoms with Crippen molar-refractivity contribution in [2.24, 2.45) is 5.73 Å². The molecule has 2 N–H and O–H groups in total. The molecule has 1 unspecified atom stereocenters. The molecule has 0 aliphatic heterocycles. The van der Waals surface area contributed by atoms with E-state index >= 15 is 0 Å². The van der Waals surface area contributed by atoms with Crippen molar-refractivity contribution in [3.05, 3.63) is 73.8 Å². The lowest BCUT2D eigenvalue weighted by Gasteiger charge is -2.15. The number of nitrogens with two attached hydrogens (primary N) is 1. The largest absolute Gasteiger partial charge is 0.320 e. The summed E-state index contributed by atoms with van der Waals surface area (Å²) in [5, 5.41) is 11.6. The highest BCUT2D eigenvalue weighted by molar-refractivity contribution is 6.31. The summed E-state index contributed by atoms with van der Waals surface area (Å²) in [4.78, 5) is 10.7. The van der Waals surface area contributed by atoms with Gasteiger partial charge in [0.25, 0.3) is 5.69 Å². The summed E-state index contributed by atoms with van der Waals surface area (Å²) >= 11 is 6.13. The van der Waals surface area contributed by atoms with Gasteiger partial charge in [-0.25, -0.2) is 0 Å². The molecule has 5 heteroatoms. The predicted octanol–water partition coefficient (Wildman–Crippen LogP) is 3.91. The van der Waals surface area contributed by atoms with Crippen LogP contribution in [-0.2, 0) is 0 Å². The molecule has 0 aliphatic carbocycles. The Kier molecular flexibility index (Phi) is 4.06. The van der Waals surface area contributed by atoms with Crippen molar-refractivity contribution in [3.8, 4) is 0 Å². The number of benzene rings is 2. The van der Waals surface area contributed by atoms with Crippen LogP contribution in [0.1, 0.15) is 28.3 Å². The van der Waals surface area contributed by atoms with E-state index in [1.54, 1.807) is 13.0 Å². The Morgan fingerprint density at radius 1 is 1.25 bits per heavy atom. The third-order valence-corrected chi connectivity index (χ3v) is 3.80. The predicted molar refractivity (Wildman–Crippen MR) is 80.1 cm³/mol. The average molecular weight is 291 g/mol. The number of hydrogen-bond acceptors (Lipinski definition) is 3. The van der Waals surface area contributed by atoms with E-state index < -0.39 is 6.04 Å². The Morgan fingerprint density at radius 2 is 1.90 bits per heavy atom. The van der Waals surface area contributed by atoms with Crippen LogP contribution in [0.15, 0.2) is 36.4 Å². The van der Waals surface area contributed by atoms with Crippen LogP contribution < -0.4 is 5.73 Å². The molecule has 2 aromatic carbocycles. The number of halogens is 1. The summed E-state index contributed by atoms with van der Waals surface area (Å²) in [5.74, 6) is 0. The number of nitro groups is 1. The second-order valence-electron chi connectivity index (χ2n) is 4.74. The van der Waals surface area contributed by atoms with Gasteiger partial charge in [0.05, 0.1) is 11.0 Å². The van der Waals surface area contributed by atoms with Gasteiger partial charge in [-0.1, -0.05) is 35.9 Å². The van der Waals surface area contributed by atoms with Crippen LogP contribution >= 0.6 is 11.6 Å². The van der Waals surface area contributed by atoms with Crippen LogP contribution in [0.3, 0.4) is 0 Å². The minimum absolute atomic E-state index is 0.0857. The maximum Gasteiger partial charge on any atom is 0.272 e. The molecule has 0 radical (unpaired) electrons. The van der Waals surface area contributed by atoms with Crippen molar-refractivity contribution in [2.75, 3.05) is 0 Å². The van der Waals surface area contributed by atoms with Crippen molar-refractivity contribution in [1.82, 2.24) is 0 Å². The van der Waals surface area contributed by atoms with Gasteiger partial charge < -0.3 is 5.73 Å². The summed E-state index contributed by atoms with van der Waals surface area (Å²) in [6.45, 7) is 3.57. The summed E-state index contributed by atoms with van der Waals surface area (Å²) < 4.78 is 0. The number of nitrogens with zero attached hydrogens (tertiary/aromatic N) is 1. The second-order valence-corrected chi connectivity index (χ2v) is 5.15. The maximum absolute atomic E-state index is 11.1. The molecule has 104 valence electrons. The lowest BCUT2D eigenvalue weighted by atomic mass is 9.95. The van der Waals surface area contributed by atoms with Gasteiger partial charge in [0.15, 0.2) is 0 Å². The third-order valence-electron chi connectivity index (χ3n) is 3.46. The summed E-state index contributed by atoms with van der Waals surface area (Å²) in [7, 11) is 0. The van der Waals surface area contributed by atoms with Gasteiger partial charge >= 0.3 is 0 Å². The van der Waals surface area contributed by atoms with Crippen molar-refractivity contribution in [1.29, 1.82) is 0 Å². The van der Waals surface area contributed by atoms with Crippen molar-refractivity contribution < 1.29 is 4.92 Å². The SMILES string of the molecule is Cc1cc(C(N)c2ccccc2Cl)cc([N+](=O)[O-])c1C. The molecule has 0 fully saturated rings. The third kappa shape index (κ3) is 2.66. The van der Waals surface area contributed by atoms with E-state index in [1.165, 1.54) is 6.07 Å². The fraction of sp³-hybridized carbons (Fsp3) is 0.200. The molecule has 0 aromatic heterocycles. The molecule has 1 atom stereocenters. The molecule has 0 amide bonds. The molecule has 0 spiro atoms. The maximum atomic E-state index is 11.1. The molecule has 0 saturated carbocycles. The fourth-order valence-corrected chi connectivity index (χ4v) is 2.40. The Labute approximate surface area is 122 Å². The van der Waals surface area contributed by atoms with Crippen LogP contribution in [0.2, 0.25) is 5.02 Å². The first-order valence-electron chi connectivity index (χ1n) is 6.17. The molecule has 2 aromatic rings. The van der Waals surface area contributed by atoms with E-state index in [9.17, 15) is 10.1 Å². The molecule has 4 nitrogen and oxygen atoms in total. The van der Waals surface area contributed by atoms with Gasteiger partial charge in [0.1, 0.15) is 0 Å². The highest BCUT2D eigenvalue weighted by Crippen LogP contribution is 2.31. The lowest BCUT2D eigenvalue weighted by molar-refractivity contribution is -0.385. The minimum Gasteiger partial charge on any atom is -0.320 e. The van der Waals surface area contributed by atoms with Crippen molar-refractivity contribution in [3.63, 3.8) is 0 Å². The Hall–Kier alpha value is -1.91. The van der Waals surface area contributed by atoms with Gasteiger partial charge in [-0.15, -0.1) is 0 Å². The minimum atomic E-state index is -0.485. The number of hydrogen-bond donors (Lipinski definition) is 1.